The zero-order chi connectivity index (χ0) is 16.8. The summed E-state index contributed by atoms with van der Waals surface area (Å²) < 4.78 is 15.6. The largest absolute Gasteiger partial charge is 0.493 e. The summed E-state index contributed by atoms with van der Waals surface area (Å²) in [4.78, 5) is 23.0. The number of nitrogens with two attached hydrogens (primary N) is 1. The molecule has 1 fully saturated rings. The molecule has 1 aromatic carbocycles. The fourth-order valence-corrected chi connectivity index (χ4v) is 2.48. The number of halogens is 1. The smallest absolute Gasteiger partial charge is 0.255 e. The number of ether oxygens (including phenoxy) is 3. The number of benzene rings is 1. The Balaban J connectivity index is 2.07. The standard InChI is InChI=1S/C15H19ClN2O5/c1-21-12-5-10(4-11(16)14(12)23-8-13(17)19)15(20)18-6-9-2-3-22-7-9/h4-5,9H,2-3,6-8H2,1H3,(H2,17,19)(H,18,20). The van der Waals surface area contributed by atoms with Gasteiger partial charge in [0, 0.05) is 24.6 Å². The molecule has 1 heterocycles. The number of carbonyl (C=O) groups is 2. The van der Waals surface area contributed by atoms with Gasteiger partial charge in [0.15, 0.2) is 18.1 Å². The highest BCUT2D eigenvalue weighted by Crippen LogP contribution is 2.36. The highest BCUT2D eigenvalue weighted by Gasteiger charge is 2.19. The first-order valence-corrected chi connectivity index (χ1v) is 7.53. The van der Waals surface area contributed by atoms with Crippen molar-refractivity contribution < 1.29 is 23.8 Å². The van der Waals surface area contributed by atoms with E-state index >= 15 is 0 Å². The molecular weight excluding hydrogens is 324 g/mol. The molecule has 2 rings (SSSR count). The van der Waals surface area contributed by atoms with E-state index in [1.165, 1.54) is 19.2 Å². The lowest BCUT2D eigenvalue weighted by Gasteiger charge is -2.14. The second kappa shape index (κ2) is 8.03. The molecule has 1 aliphatic rings. The monoisotopic (exact) mass is 342 g/mol. The molecular formula is C15H19ClN2O5. The Morgan fingerprint density at radius 2 is 2.26 bits per heavy atom. The van der Waals surface area contributed by atoms with Crippen molar-refractivity contribution in [3.05, 3.63) is 22.7 Å². The second-order valence-electron chi connectivity index (χ2n) is 5.18. The Hall–Kier alpha value is -1.99. The Morgan fingerprint density at radius 1 is 1.48 bits per heavy atom. The van der Waals surface area contributed by atoms with Gasteiger partial charge in [0.1, 0.15) is 0 Å². The molecule has 0 aliphatic carbocycles. The van der Waals surface area contributed by atoms with E-state index in [2.05, 4.69) is 5.32 Å². The van der Waals surface area contributed by atoms with Crippen molar-refractivity contribution in [2.45, 2.75) is 6.42 Å². The molecule has 3 N–H and O–H groups in total. The maximum Gasteiger partial charge on any atom is 0.255 e. The van der Waals surface area contributed by atoms with E-state index < -0.39 is 5.91 Å². The number of nitrogens with one attached hydrogen (secondary N) is 1. The lowest BCUT2D eigenvalue weighted by atomic mass is 10.1. The van der Waals surface area contributed by atoms with Crippen LogP contribution in [0.15, 0.2) is 12.1 Å². The van der Waals surface area contributed by atoms with Crippen molar-refractivity contribution >= 4 is 23.4 Å². The van der Waals surface area contributed by atoms with Gasteiger partial charge in [-0.2, -0.15) is 0 Å². The molecule has 0 aromatic heterocycles. The minimum atomic E-state index is -0.635. The number of primary amides is 1. The van der Waals surface area contributed by atoms with Gasteiger partial charge in [0.05, 0.1) is 18.7 Å². The van der Waals surface area contributed by atoms with Crippen molar-refractivity contribution in [3.63, 3.8) is 0 Å². The summed E-state index contributed by atoms with van der Waals surface area (Å²) in [7, 11) is 1.42. The van der Waals surface area contributed by atoms with Gasteiger partial charge in [-0.3, -0.25) is 9.59 Å². The zero-order valence-corrected chi connectivity index (χ0v) is 13.5. The SMILES string of the molecule is COc1cc(C(=O)NCC2CCOC2)cc(Cl)c1OCC(N)=O. The third kappa shape index (κ3) is 4.74. The number of hydrogen-bond donors (Lipinski definition) is 2. The Bertz CT molecular complexity index is 587. The maximum absolute atomic E-state index is 12.2. The van der Waals surface area contributed by atoms with Crippen LogP contribution < -0.4 is 20.5 Å². The summed E-state index contributed by atoms with van der Waals surface area (Å²) in [6.07, 6.45) is 0.935. The molecule has 23 heavy (non-hydrogen) atoms. The van der Waals surface area contributed by atoms with Crippen LogP contribution in [0.25, 0.3) is 0 Å². The van der Waals surface area contributed by atoms with Gasteiger partial charge >= 0.3 is 0 Å². The summed E-state index contributed by atoms with van der Waals surface area (Å²) in [5.74, 6) is -0.140. The van der Waals surface area contributed by atoms with E-state index in [0.29, 0.717) is 24.6 Å². The van der Waals surface area contributed by atoms with Crippen LogP contribution in [0, 0.1) is 5.92 Å². The molecule has 1 aromatic rings. The van der Waals surface area contributed by atoms with E-state index in [9.17, 15) is 9.59 Å². The van der Waals surface area contributed by atoms with Crippen LogP contribution in [0.5, 0.6) is 11.5 Å². The lowest BCUT2D eigenvalue weighted by Crippen LogP contribution is -2.29. The predicted octanol–water partition coefficient (Wildman–Crippen LogP) is 0.979. The van der Waals surface area contributed by atoms with Gasteiger partial charge in [-0.25, -0.2) is 0 Å². The van der Waals surface area contributed by atoms with Crippen molar-refractivity contribution in [2.75, 3.05) is 33.5 Å². The second-order valence-corrected chi connectivity index (χ2v) is 5.59. The van der Waals surface area contributed by atoms with Gasteiger partial charge in [0.2, 0.25) is 0 Å². The van der Waals surface area contributed by atoms with E-state index in [1.54, 1.807) is 0 Å². The third-order valence-electron chi connectivity index (χ3n) is 3.43. The first-order valence-electron chi connectivity index (χ1n) is 7.15. The summed E-state index contributed by atoms with van der Waals surface area (Å²) in [6, 6.07) is 2.96. The zero-order valence-electron chi connectivity index (χ0n) is 12.8. The minimum Gasteiger partial charge on any atom is -0.493 e. The molecule has 126 valence electrons. The molecule has 0 saturated carbocycles. The van der Waals surface area contributed by atoms with Gasteiger partial charge in [-0.05, 0) is 18.6 Å². The normalized spacial score (nSPS) is 16.9. The van der Waals surface area contributed by atoms with Gasteiger partial charge in [0.25, 0.3) is 11.8 Å². The molecule has 0 radical (unpaired) electrons. The number of rotatable bonds is 7. The van der Waals surface area contributed by atoms with Crippen molar-refractivity contribution in [3.8, 4) is 11.5 Å². The lowest BCUT2D eigenvalue weighted by molar-refractivity contribution is -0.119. The van der Waals surface area contributed by atoms with E-state index in [1.807, 2.05) is 0 Å². The Labute approximate surface area is 139 Å². The first kappa shape index (κ1) is 17.4. The molecule has 0 bridgehead atoms. The van der Waals surface area contributed by atoms with Crippen LogP contribution in [-0.4, -0.2) is 45.3 Å². The Morgan fingerprint density at radius 3 is 2.87 bits per heavy atom. The fourth-order valence-electron chi connectivity index (χ4n) is 2.22. The number of hydrogen-bond acceptors (Lipinski definition) is 5. The maximum atomic E-state index is 12.2. The summed E-state index contributed by atoms with van der Waals surface area (Å²) in [5.41, 5.74) is 5.38. The predicted molar refractivity (Wildman–Crippen MR) is 84.0 cm³/mol. The molecule has 1 saturated heterocycles. The Kier molecular flexibility index (Phi) is 6.06. The van der Waals surface area contributed by atoms with Crippen LogP contribution in [0.4, 0.5) is 0 Å². The minimum absolute atomic E-state index is 0.167. The van der Waals surface area contributed by atoms with Crippen LogP contribution in [0.2, 0.25) is 5.02 Å². The van der Waals surface area contributed by atoms with Crippen molar-refractivity contribution in [1.82, 2.24) is 5.32 Å². The van der Waals surface area contributed by atoms with Crippen LogP contribution in [0.3, 0.4) is 0 Å². The number of carbonyl (C=O) groups excluding carboxylic acids is 2. The summed E-state index contributed by atoms with van der Waals surface area (Å²) >= 11 is 6.11. The number of amides is 2. The van der Waals surface area contributed by atoms with Crippen LogP contribution >= 0.6 is 11.6 Å². The quantitative estimate of drug-likeness (QED) is 0.769. The molecule has 8 heteroatoms. The van der Waals surface area contributed by atoms with Crippen LogP contribution in [-0.2, 0) is 9.53 Å². The van der Waals surface area contributed by atoms with E-state index in [0.717, 1.165) is 13.0 Å². The van der Waals surface area contributed by atoms with Crippen molar-refractivity contribution in [1.29, 1.82) is 0 Å². The highest BCUT2D eigenvalue weighted by molar-refractivity contribution is 6.32. The topological polar surface area (TPSA) is 99.9 Å². The highest BCUT2D eigenvalue weighted by atomic mass is 35.5. The third-order valence-corrected chi connectivity index (χ3v) is 3.71. The molecule has 1 aliphatic heterocycles. The molecule has 0 spiro atoms. The summed E-state index contributed by atoms with van der Waals surface area (Å²) in [5, 5.41) is 3.01. The average Bonchev–Trinajstić information content (AvgIpc) is 3.03. The van der Waals surface area contributed by atoms with Crippen molar-refractivity contribution in [2.24, 2.45) is 11.7 Å². The molecule has 2 amide bonds. The fraction of sp³-hybridized carbons (Fsp3) is 0.467. The van der Waals surface area contributed by atoms with Gasteiger partial charge in [-0.1, -0.05) is 11.6 Å². The number of methoxy groups -OCH3 is 1. The van der Waals surface area contributed by atoms with Crippen LogP contribution in [0.1, 0.15) is 16.8 Å². The van der Waals surface area contributed by atoms with E-state index in [-0.39, 0.29) is 29.0 Å². The molecule has 1 atom stereocenters. The average molecular weight is 343 g/mol. The van der Waals surface area contributed by atoms with Gasteiger partial charge in [-0.15, -0.1) is 0 Å². The van der Waals surface area contributed by atoms with E-state index in [4.69, 9.17) is 31.5 Å². The molecule has 7 nitrogen and oxygen atoms in total. The molecule has 1 unspecified atom stereocenters. The summed E-state index contributed by atoms with van der Waals surface area (Å²) in [6.45, 7) is 1.60. The first-order chi connectivity index (χ1) is 11.0. The van der Waals surface area contributed by atoms with Gasteiger partial charge < -0.3 is 25.3 Å².